The Balaban J connectivity index is 1.99. The van der Waals surface area contributed by atoms with E-state index in [2.05, 4.69) is 15.2 Å². The highest BCUT2D eigenvalue weighted by molar-refractivity contribution is 6.11. The molecule has 1 aromatic carbocycles. The molecule has 21 heavy (non-hydrogen) atoms. The lowest BCUT2D eigenvalue weighted by Gasteiger charge is -2.40. The molecule has 1 fully saturated rings. The first-order valence-corrected chi connectivity index (χ1v) is 7.44. The van der Waals surface area contributed by atoms with Crippen molar-refractivity contribution < 1.29 is 4.79 Å². The lowest BCUT2D eigenvalue weighted by atomic mass is 9.88. The van der Waals surface area contributed by atoms with Crippen LogP contribution in [-0.4, -0.2) is 47.4 Å². The summed E-state index contributed by atoms with van der Waals surface area (Å²) in [5.41, 5.74) is 0.304. The fourth-order valence-corrected chi connectivity index (χ4v) is 3.02. The van der Waals surface area contributed by atoms with Gasteiger partial charge in [0.15, 0.2) is 5.78 Å². The molecule has 1 aliphatic rings. The fraction of sp³-hybridized carbons (Fsp3) is 0.412. The molecule has 1 aromatic heterocycles. The van der Waals surface area contributed by atoms with E-state index in [4.69, 9.17) is 0 Å². The first-order valence-electron chi connectivity index (χ1n) is 7.44. The number of piperazine rings is 1. The number of hydrogen-bond acceptors (Lipinski definition) is 4. The van der Waals surface area contributed by atoms with Crippen molar-refractivity contribution in [3.63, 3.8) is 0 Å². The second kappa shape index (κ2) is 5.54. The van der Waals surface area contributed by atoms with Crippen LogP contribution in [0.4, 0.5) is 0 Å². The second-order valence-corrected chi connectivity index (χ2v) is 6.03. The number of hydrogen-bond donors (Lipinski definition) is 1. The summed E-state index contributed by atoms with van der Waals surface area (Å²) in [6.07, 6.45) is 3.56. The Hall–Kier alpha value is -1.78. The minimum atomic E-state index is -0.486. The summed E-state index contributed by atoms with van der Waals surface area (Å²) in [7, 11) is 0. The van der Waals surface area contributed by atoms with Crippen LogP contribution in [0.25, 0.3) is 10.8 Å². The average molecular weight is 283 g/mol. The second-order valence-electron chi connectivity index (χ2n) is 6.03. The topological polar surface area (TPSA) is 45.2 Å². The first-order chi connectivity index (χ1) is 10.1. The van der Waals surface area contributed by atoms with Gasteiger partial charge < -0.3 is 5.32 Å². The quantitative estimate of drug-likeness (QED) is 0.876. The van der Waals surface area contributed by atoms with E-state index in [1.54, 1.807) is 6.20 Å². The van der Waals surface area contributed by atoms with E-state index in [0.29, 0.717) is 0 Å². The van der Waals surface area contributed by atoms with Gasteiger partial charge in [0.2, 0.25) is 0 Å². The smallest absolute Gasteiger partial charge is 0.183 e. The predicted octanol–water partition coefficient (Wildman–Crippen LogP) is 2.10. The van der Waals surface area contributed by atoms with Crippen LogP contribution in [-0.2, 0) is 0 Å². The van der Waals surface area contributed by atoms with Crippen molar-refractivity contribution in [1.82, 2.24) is 15.2 Å². The van der Waals surface area contributed by atoms with E-state index in [1.165, 1.54) is 0 Å². The molecule has 0 atom stereocenters. The molecule has 4 heteroatoms. The van der Waals surface area contributed by atoms with Gasteiger partial charge in [-0.05, 0) is 25.3 Å². The van der Waals surface area contributed by atoms with Gasteiger partial charge in [-0.15, -0.1) is 0 Å². The standard InChI is InChI=1S/C17H21N3O/c1-17(2,20-10-8-18-9-11-20)16(21)15-5-3-4-13-12-19-7-6-14(13)15/h3-7,12,18H,8-11H2,1-2H3. The van der Waals surface area contributed by atoms with Crippen molar-refractivity contribution in [1.29, 1.82) is 0 Å². The van der Waals surface area contributed by atoms with Gasteiger partial charge in [-0.2, -0.15) is 0 Å². The number of nitrogens with zero attached hydrogens (tertiary/aromatic N) is 2. The lowest BCUT2D eigenvalue weighted by Crippen LogP contribution is -2.57. The largest absolute Gasteiger partial charge is 0.314 e. The molecule has 1 saturated heterocycles. The van der Waals surface area contributed by atoms with Crippen LogP contribution in [0.5, 0.6) is 0 Å². The van der Waals surface area contributed by atoms with Crippen molar-refractivity contribution in [2.45, 2.75) is 19.4 Å². The van der Waals surface area contributed by atoms with E-state index < -0.39 is 5.54 Å². The fourth-order valence-electron chi connectivity index (χ4n) is 3.02. The highest BCUT2D eigenvalue weighted by Crippen LogP contribution is 2.26. The molecule has 1 N–H and O–H groups in total. The summed E-state index contributed by atoms with van der Waals surface area (Å²) in [4.78, 5) is 19.5. The molecule has 0 unspecified atom stereocenters. The minimum Gasteiger partial charge on any atom is -0.314 e. The zero-order valence-electron chi connectivity index (χ0n) is 12.6. The third-order valence-corrected chi connectivity index (χ3v) is 4.39. The number of carbonyl (C=O) groups excluding carboxylic acids is 1. The first kappa shape index (κ1) is 14.2. The Morgan fingerprint density at radius 3 is 2.76 bits per heavy atom. The minimum absolute atomic E-state index is 0.182. The number of carbonyl (C=O) groups is 1. The average Bonchev–Trinajstić information content (AvgIpc) is 2.54. The van der Waals surface area contributed by atoms with Crippen molar-refractivity contribution in [3.05, 3.63) is 42.2 Å². The Labute approximate surface area is 125 Å². The number of nitrogens with one attached hydrogen (secondary N) is 1. The van der Waals surface area contributed by atoms with Crippen LogP contribution in [0.1, 0.15) is 24.2 Å². The number of benzene rings is 1. The number of fused-ring (bicyclic) bond motifs is 1. The van der Waals surface area contributed by atoms with E-state index >= 15 is 0 Å². The van der Waals surface area contributed by atoms with Gasteiger partial charge in [0, 0.05) is 49.5 Å². The maximum atomic E-state index is 13.1. The van der Waals surface area contributed by atoms with Crippen molar-refractivity contribution in [3.8, 4) is 0 Å². The molecule has 4 nitrogen and oxygen atoms in total. The summed E-state index contributed by atoms with van der Waals surface area (Å²) in [5, 5.41) is 5.33. The summed E-state index contributed by atoms with van der Waals surface area (Å²) in [5.74, 6) is 0.182. The Morgan fingerprint density at radius 1 is 1.24 bits per heavy atom. The van der Waals surface area contributed by atoms with Crippen molar-refractivity contribution >= 4 is 16.6 Å². The van der Waals surface area contributed by atoms with Gasteiger partial charge in [0.25, 0.3) is 0 Å². The van der Waals surface area contributed by atoms with Crippen LogP contribution in [0.3, 0.4) is 0 Å². The van der Waals surface area contributed by atoms with E-state index in [1.807, 2.05) is 44.3 Å². The highest BCUT2D eigenvalue weighted by atomic mass is 16.1. The van der Waals surface area contributed by atoms with Crippen molar-refractivity contribution in [2.75, 3.05) is 26.2 Å². The summed E-state index contributed by atoms with van der Waals surface area (Å²) < 4.78 is 0. The van der Waals surface area contributed by atoms with Gasteiger partial charge in [0.05, 0.1) is 5.54 Å². The summed E-state index contributed by atoms with van der Waals surface area (Å²) >= 11 is 0. The molecule has 0 aliphatic carbocycles. The number of pyridine rings is 1. The number of ketones is 1. The van der Waals surface area contributed by atoms with Crippen molar-refractivity contribution in [2.24, 2.45) is 0 Å². The van der Waals surface area contributed by atoms with Gasteiger partial charge in [-0.25, -0.2) is 0 Å². The van der Waals surface area contributed by atoms with Crippen LogP contribution in [0, 0.1) is 0 Å². The molecular formula is C17H21N3O. The monoisotopic (exact) mass is 283 g/mol. The molecule has 0 saturated carbocycles. The SMILES string of the molecule is CC(C)(C(=O)c1cccc2cnccc12)N1CCNCC1. The molecule has 2 aromatic rings. The normalized spacial score (nSPS) is 17.0. The molecule has 0 radical (unpaired) electrons. The van der Waals surface area contributed by atoms with Crippen LogP contribution < -0.4 is 5.32 Å². The molecule has 0 bridgehead atoms. The summed E-state index contributed by atoms with van der Waals surface area (Å²) in [6, 6.07) is 7.78. The van der Waals surface area contributed by atoms with Gasteiger partial charge in [-0.3, -0.25) is 14.7 Å². The third-order valence-electron chi connectivity index (χ3n) is 4.39. The summed E-state index contributed by atoms with van der Waals surface area (Å²) in [6.45, 7) is 7.75. The van der Waals surface area contributed by atoms with E-state index in [-0.39, 0.29) is 5.78 Å². The maximum absolute atomic E-state index is 13.1. The third kappa shape index (κ3) is 2.57. The van der Waals surface area contributed by atoms with E-state index in [9.17, 15) is 4.79 Å². The Morgan fingerprint density at radius 2 is 2.00 bits per heavy atom. The molecule has 0 spiro atoms. The number of rotatable bonds is 3. The lowest BCUT2D eigenvalue weighted by molar-refractivity contribution is 0.0604. The zero-order chi connectivity index (χ0) is 14.9. The Kier molecular flexibility index (Phi) is 3.74. The number of Topliss-reactive ketones (excluding diaryl/α,β-unsaturated/α-hetero) is 1. The Bertz CT molecular complexity index is 655. The molecule has 3 rings (SSSR count). The van der Waals surface area contributed by atoms with Gasteiger partial charge in [0.1, 0.15) is 0 Å². The van der Waals surface area contributed by atoms with E-state index in [0.717, 1.165) is 42.5 Å². The van der Waals surface area contributed by atoms with Gasteiger partial charge >= 0.3 is 0 Å². The molecule has 110 valence electrons. The van der Waals surface area contributed by atoms with Gasteiger partial charge in [-0.1, -0.05) is 18.2 Å². The maximum Gasteiger partial charge on any atom is 0.183 e. The molecule has 1 aliphatic heterocycles. The number of aromatic nitrogens is 1. The zero-order valence-corrected chi connectivity index (χ0v) is 12.6. The molecule has 2 heterocycles. The van der Waals surface area contributed by atoms with Crippen LogP contribution in [0.15, 0.2) is 36.7 Å². The highest BCUT2D eigenvalue weighted by Gasteiger charge is 2.36. The molecular weight excluding hydrogens is 262 g/mol. The van der Waals surface area contributed by atoms with Crippen LogP contribution in [0.2, 0.25) is 0 Å². The molecule has 0 amide bonds. The predicted molar refractivity (Wildman–Crippen MR) is 84.6 cm³/mol. The van der Waals surface area contributed by atoms with Crippen LogP contribution >= 0.6 is 0 Å².